The molecule has 2 heterocycles. The van der Waals surface area contributed by atoms with Crippen LogP contribution in [0.2, 0.25) is 0 Å². The number of benzene rings is 1. The summed E-state index contributed by atoms with van der Waals surface area (Å²) in [4.78, 5) is 33.8. The van der Waals surface area contributed by atoms with E-state index in [9.17, 15) is 14.0 Å². The first kappa shape index (κ1) is 29.8. The normalized spacial score (nSPS) is 18.3. The molecule has 2 amide bonds. The van der Waals surface area contributed by atoms with Crippen molar-refractivity contribution < 1.29 is 28.2 Å². The minimum absolute atomic E-state index is 0.00856. The molecule has 1 unspecified atom stereocenters. The molecular weight excluding hydrogens is 513 g/mol. The number of methoxy groups -OCH3 is 1. The standard InChI is InChI=1S/C31H42FN3O5/c1-7-34(8-2)28(36)26-16-27(39-20-38-6)25(19-33-26)24-18-31(17-21-9-10-22(32)15-23(21)24)11-13-35(14-12-31)29(37)40-30(3,4)5/h9-10,15-16,19,24H,7-8,11-14,17-18,20H2,1-6H3. The van der Waals surface area contributed by atoms with Crippen molar-refractivity contribution in [2.45, 2.75) is 71.8 Å². The number of pyridine rings is 1. The van der Waals surface area contributed by atoms with Gasteiger partial charge in [-0.3, -0.25) is 9.78 Å². The SMILES string of the molecule is CCN(CC)C(=O)c1cc(OCOC)c(C2CC3(CCN(C(=O)OC(C)(C)C)CC3)Cc3ccc(F)cc32)cn1. The van der Waals surface area contributed by atoms with E-state index in [0.717, 1.165) is 42.4 Å². The van der Waals surface area contributed by atoms with Crippen molar-refractivity contribution in [3.8, 4) is 5.75 Å². The van der Waals surface area contributed by atoms with Crippen LogP contribution >= 0.6 is 0 Å². The number of fused-ring (bicyclic) bond motifs is 1. The third-order valence-corrected chi connectivity index (χ3v) is 8.03. The number of ether oxygens (including phenoxy) is 3. The van der Waals surface area contributed by atoms with Crippen LogP contribution in [-0.2, 0) is 15.9 Å². The van der Waals surface area contributed by atoms with Gasteiger partial charge in [0.15, 0.2) is 6.79 Å². The van der Waals surface area contributed by atoms with E-state index in [0.29, 0.717) is 37.6 Å². The quantitative estimate of drug-likeness (QED) is 0.403. The highest BCUT2D eigenvalue weighted by Crippen LogP contribution is 2.52. The largest absolute Gasteiger partial charge is 0.467 e. The zero-order valence-corrected chi connectivity index (χ0v) is 24.6. The van der Waals surface area contributed by atoms with Crippen LogP contribution in [0.25, 0.3) is 0 Å². The summed E-state index contributed by atoms with van der Waals surface area (Å²) in [6.45, 7) is 11.8. The number of rotatable bonds is 7. The Kier molecular flexibility index (Phi) is 9.02. The van der Waals surface area contributed by atoms with Crippen LogP contribution in [0, 0.1) is 11.2 Å². The van der Waals surface area contributed by atoms with Gasteiger partial charge in [-0.05, 0) is 89.0 Å². The number of hydrogen-bond donors (Lipinski definition) is 0. The van der Waals surface area contributed by atoms with Crippen LogP contribution in [-0.4, -0.2) is 72.5 Å². The topological polar surface area (TPSA) is 81.2 Å². The number of amides is 2. The maximum Gasteiger partial charge on any atom is 0.410 e. The Bertz CT molecular complexity index is 1220. The fourth-order valence-corrected chi connectivity index (χ4v) is 5.97. The van der Waals surface area contributed by atoms with Gasteiger partial charge in [0.2, 0.25) is 0 Å². The molecule has 0 bridgehead atoms. The van der Waals surface area contributed by atoms with Crippen LogP contribution in [0.1, 0.15) is 87.0 Å². The number of hydrogen-bond acceptors (Lipinski definition) is 6. The first-order valence-corrected chi connectivity index (χ1v) is 14.2. The molecule has 0 radical (unpaired) electrons. The molecule has 2 aliphatic rings. The summed E-state index contributed by atoms with van der Waals surface area (Å²) in [7, 11) is 1.54. The lowest BCUT2D eigenvalue weighted by atomic mass is 9.61. The van der Waals surface area contributed by atoms with Gasteiger partial charge in [-0.1, -0.05) is 6.07 Å². The number of halogens is 1. The monoisotopic (exact) mass is 555 g/mol. The predicted molar refractivity (Wildman–Crippen MR) is 150 cm³/mol. The maximum absolute atomic E-state index is 14.6. The molecule has 1 saturated heterocycles. The Hall–Kier alpha value is -3.20. The van der Waals surface area contributed by atoms with E-state index in [4.69, 9.17) is 14.2 Å². The summed E-state index contributed by atoms with van der Waals surface area (Å²) in [6.07, 6.45) is 4.59. The second-order valence-corrected chi connectivity index (χ2v) is 11.9. The fraction of sp³-hybridized carbons (Fsp3) is 0.581. The summed E-state index contributed by atoms with van der Waals surface area (Å²) in [5.41, 5.74) is 2.47. The first-order chi connectivity index (χ1) is 19.0. The predicted octanol–water partition coefficient (Wildman–Crippen LogP) is 5.78. The van der Waals surface area contributed by atoms with Gasteiger partial charge in [-0.25, -0.2) is 9.18 Å². The molecule has 0 saturated carbocycles. The van der Waals surface area contributed by atoms with E-state index in [-0.39, 0.29) is 35.9 Å². The van der Waals surface area contributed by atoms with Crippen molar-refractivity contribution >= 4 is 12.0 Å². The molecule has 218 valence electrons. The van der Waals surface area contributed by atoms with Crippen LogP contribution in [0.5, 0.6) is 5.75 Å². The van der Waals surface area contributed by atoms with Gasteiger partial charge in [0.1, 0.15) is 22.9 Å². The zero-order valence-electron chi connectivity index (χ0n) is 24.6. The third kappa shape index (κ3) is 6.57. The van der Waals surface area contributed by atoms with E-state index >= 15 is 0 Å². The van der Waals surface area contributed by atoms with E-state index in [1.807, 2.05) is 40.7 Å². The summed E-state index contributed by atoms with van der Waals surface area (Å²) in [6, 6.07) is 6.68. The van der Waals surface area contributed by atoms with Gasteiger partial charge in [0.05, 0.1) is 0 Å². The average Bonchev–Trinajstić information content (AvgIpc) is 2.91. The molecule has 0 N–H and O–H groups in total. The number of carbonyl (C=O) groups is 2. The molecule has 1 aliphatic carbocycles. The molecule has 1 spiro atoms. The lowest BCUT2D eigenvalue weighted by molar-refractivity contribution is 0.00734. The second-order valence-electron chi connectivity index (χ2n) is 11.9. The van der Waals surface area contributed by atoms with E-state index < -0.39 is 5.60 Å². The summed E-state index contributed by atoms with van der Waals surface area (Å²) < 4.78 is 31.4. The van der Waals surface area contributed by atoms with Crippen molar-refractivity contribution in [3.63, 3.8) is 0 Å². The summed E-state index contributed by atoms with van der Waals surface area (Å²) >= 11 is 0. The third-order valence-electron chi connectivity index (χ3n) is 8.03. The Labute approximate surface area is 236 Å². The molecule has 1 fully saturated rings. The molecule has 1 aromatic heterocycles. The molecule has 1 aliphatic heterocycles. The Balaban J connectivity index is 1.68. The van der Waals surface area contributed by atoms with Crippen LogP contribution < -0.4 is 4.74 Å². The van der Waals surface area contributed by atoms with Crippen molar-refractivity contribution in [2.24, 2.45) is 5.41 Å². The highest BCUT2D eigenvalue weighted by Gasteiger charge is 2.44. The van der Waals surface area contributed by atoms with Crippen LogP contribution in [0.3, 0.4) is 0 Å². The van der Waals surface area contributed by atoms with Gasteiger partial charge in [0.25, 0.3) is 5.91 Å². The number of likely N-dealkylation sites (tertiary alicyclic amines) is 1. The highest BCUT2D eigenvalue weighted by atomic mass is 19.1. The molecular formula is C31H42FN3O5. The highest BCUT2D eigenvalue weighted by molar-refractivity contribution is 5.92. The summed E-state index contributed by atoms with van der Waals surface area (Å²) in [5.74, 6) is -0.139. The minimum atomic E-state index is -0.546. The molecule has 1 atom stereocenters. The van der Waals surface area contributed by atoms with Crippen LogP contribution in [0.15, 0.2) is 30.5 Å². The molecule has 2 aromatic rings. The minimum Gasteiger partial charge on any atom is -0.467 e. The Morgan fingerprint density at radius 2 is 1.82 bits per heavy atom. The lowest BCUT2D eigenvalue weighted by Crippen LogP contribution is -2.47. The van der Waals surface area contributed by atoms with Gasteiger partial charge >= 0.3 is 6.09 Å². The van der Waals surface area contributed by atoms with E-state index in [1.165, 1.54) is 6.07 Å². The lowest BCUT2D eigenvalue weighted by Gasteiger charge is -2.47. The van der Waals surface area contributed by atoms with E-state index in [2.05, 4.69) is 4.98 Å². The summed E-state index contributed by atoms with van der Waals surface area (Å²) in [5, 5.41) is 0. The number of aromatic nitrogens is 1. The Morgan fingerprint density at radius 3 is 2.45 bits per heavy atom. The number of nitrogens with zero attached hydrogens (tertiary/aromatic N) is 3. The van der Waals surface area contributed by atoms with Crippen molar-refractivity contribution in [1.29, 1.82) is 0 Å². The zero-order chi connectivity index (χ0) is 29.1. The molecule has 8 nitrogen and oxygen atoms in total. The second kappa shape index (κ2) is 12.1. The number of piperidine rings is 1. The van der Waals surface area contributed by atoms with Gasteiger partial charge < -0.3 is 24.0 Å². The smallest absolute Gasteiger partial charge is 0.410 e. The van der Waals surface area contributed by atoms with E-state index in [1.54, 1.807) is 35.2 Å². The Morgan fingerprint density at radius 1 is 1.12 bits per heavy atom. The maximum atomic E-state index is 14.6. The van der Waals surface area contributed by atoms with Crippen molar-refractivity contribution in [2.75, 3.05) is 40.1 Å². The van der Waals surface area contributed by atoms with Gasteiger partial charge in [-0.2, -0.15) is 0 Å². The van der Waals surface area contributed by atoms with Crippen LogP contribution in [0.4, 0.5) is 9.18 Å². The molecule has 9 heteroatoms. The van der Waals surface area contributed by atoms with Gasteiger partial charge in [-0.15, -0.1) is 0 Å². The van der Waals surface area contributed by atoms with Gasteiger partial charge in [0, 0.05) is 57.0 Å². The van der Waals surface area contributed by atoms with Crippen molar-refractivity contribution in [1.82, 2.24) is 14.8 Å². The first-order valence-electron chi connectivity index (χ1n) is 14.2. The van der Waals surface area contributed by atoms with Crippen molar-refractivity contribution in [3.05, 3.63) is 58.7 Å². The number of carbonyl (C=O) groups excluding carboxylic acids is 2. The molecule has 40 heavy (non-hydrogen) atoms. The molecule has 1 aromatic carbocycles. The molecule has 4 rings (SSSR count). The average molecular weight is 556 g/mol. The fourth-order valence-electron chi connectivity index (χ4n) is 5.97.